The number of benzene rings is 1. The predicted octanol–water partition coefficient (Wildman–Crippen LogP) is 2.13. The first kappa shape index (κ1) is 9.62. The van der Waals surface area contributed by atoms with E-state index in [0.29, 0.717) is 6.61 Å². The van der Waals surface area contributed by atoms with Gasteiger partial charge in [0.1, 0.15) is 11.9 Å². The molecule has 76 valence electrons. The van der Waals surface area contributed by atoms with Crippen molar-refractivity contribution in [1.82, 2.24) is 0 Å². The Kier molecular flexibility index (Phi) is 2.79. The Balaban J connectivity index is 1.82. The highest BCUT2D eigenvalue weighted by molar-refractivity contribution is 5.15. The molecule has 0 aliphatic carbocycles. The van der Waals surface area contributed by atoms with Crippen LogP contribution in [-0.4, -0.2) is 18.8 Å². The van der Waals surface area contributed by atoms with Crippen LogP contribution in [0.2, 0.25) is 0 Å². The van der Waals surface area contributed by atoms with E-state index in [1.807, 2.05) is 6.92 Å². The van der Waals surface area contributed by atoms with Crippen LogP contribution in [0.4, 0.5) is 4.39 Å². The van der Waals surface area contributed by atoms with Gasteiger partial charge in [0.15, 0.2) is 0 Å². The maximum Gasteiger partial charge on any atom is 0.123 e. The summed E-state index contributed by atoms with van der Waals surface area (Å²) < 4.78 is 23.2. The van der Waals surface area contributed by atoms with Crippen LogP contribution >= 0.6 is 0 Å². The molecule has 0 N–H and O–H groups in total. The summed E-state index contributed by atoms with van der Waals surface area (Å²) in [6.45, 7) is 3.30. The molecule has 0 amide bonds. The second-order valence-corrected chi connectivity index (χ2v) is 3.51. The molecule has 1 aromatic carbocycles. The summed E-state index contributed by atoms with van der Waals surface area (Å²) in [7, 11) is 0. The van der Waals surface area contributed by atoms with Crippen LogP contribution in [0.25, 0.3) is 0 Å². The van der Waals surface area contributed by atoms with E-state index in [4.69, 9.17) is 9.47 Å². The summed E-state index contributed by atoms with van der Waals surface area (Å²) in [5, 5.41) is 0. The molecule has 0 spiro atoms. The second kappa shape index (κ2) is 4.07. The van der Waals surface area contributed by atoms with Crippen molar-refractivity contribution in [2.75, 3.05) is 6.61 Å². The molecule has 0 unspecified atom stereocenters. The summed E-state index contributed by atoms with van der Waals surface area (Å²) in [6, 6.07) is 6.35. The average Bonchev–Trinajstić information content (AvgIpc) is 3.00. The van der Waals surface area contributed by atoms with Gasteiger partial charge in [0, 0.05) is 0 Å². The number of hydrogen-bond acceptors (Lipinski definition) is 2. The zero-order chi connectivity index (χ0) is 9.97. The van der Waals surface area contributed by atoms with E-state index in [-0.39, 0.29) is 18.0 Å². The number of epoxide rings is 1. The lowest BCUT2D eigenvalue weighted by atomic mass is 10.2. The number of hydrogen-bond donors (Lipinski definition) is 0. The van der Waals surface area contributed by atoms with Crippen molar-refractivity contribution in [1.29, 1.82) is 0 Å². The fourth-order valence-corrected chi connectivity index (χ4v) is 1.24. The summed E-state index contributed by atoms with van der Waals surface area (Å²) in [5.74, 6) is -0.215. The second-order valence-electron chi connectivity index (χ2n) is 3.51. The molecule has 2 nitrogen and oxygen atoms in total. The van der Waals surface area contributed by atoms with Gasteiger partial charge in [-0.05, 0) is 24.6 Å². The SMILES string of the molecule is C[C@@H](OCc1ccc(F)cc1)[C@H]1CO1. The van der Waals surface area contributed by atoms with Gasteiger partial charge in [-0.1, -0.05) is 12.1 Å². The molecule has 1 saturated heterocycles. The van der Waals surface area contributed by atoms with E-state index < -0.39 is 0 Å². The summed E-state index contributed by atoms with van der Waals surface area (Å²) in [4.78, 5) is 0. The van der Waals surface area contributed by atoms with Crippen LogP contribution in [0.1, 0.15) is 12.5 Å². The highest BCUT2D eigenvalue weighted by Crippen LogP contribution is 2.17. The van der Waals surface area contributed by atoms with Crippen molar-refractivity contribution < 1.29 is 13.9 Å². The quantitative estimate of drug-likeness (QED) is 0.688. The van der Waals surface area contributed by atoms with Crippen LogP contribution in [-0.2, 0) is 16.1 Å². The lowest BCUT2D eigenvalue weighted by molar-refractivity contribution is 0.0340. The van der Waals surface area contributed by atoms with Crippen molar-refractivity contribution in [3.05, 3.63) is 35.6 Å². The minimum Gasteiger partial charge on any atom is -0.371 e. The van der Waals surface area contributed by atoms with E-state index in [0.717, 1.165) is 12.2 Å². The molecule has 0 radical (unpaired) electrons. The van der Waals surface area contributed by atoms with E-state index in [2.05, 4.69) is 0 Å². The van der Waals surface area contributed by atoms with Gasteiger partial charge in [-0.2, -0.15) is 0 Å². The first-order chi connectivity index (χ1) is 6.75. The molecular formula is C11H13FO2. The van der Waals surface area contributed by atoms with Gasteiger partial charge in [0.2, 0.25) is 0 Å². The molecule has 3 heteroatoms. The van der Waals surface area contributed by atoms with Crippen LogP contribution in [0.15, 0.2) is 24.3 Å². The molecule has 2 rings (SSSR count). The van der Waals surface area contributed by atoms with Crippen molar-refractivity contribution in [2.45, 2.75) is 25.7 Å². The monoisotopic (exact) mass is 196 g/mol. The molecule has 14 heavy (non-hydrogen) atoms. The van der Waals surface area contributed by atoms with E-state index in [1.54, 1.807) is 12.1 Å². The molecule has 0 saturated carbocycles. The largest absolute Gasteiger partial charge is 0.371 e. The van der Waals surface area contributed by atoms with E-state index >= 15 is 0 Å². The van der Waals surface area contributed by atoms with Gasteiger partial charge in [-0.25, -0.2) is 4.39 Å². The topological polar surface area (TPSA) is 21.8 Å². The van der Waals surface area contributed by atoms with Crippen molar-refractivity contribution >= 4 is 0 Å². The Morgan fingerprint density at radius 2 is 2.14 bits per heavy atom. The van der Waals surface area contributed by atoms with Crippen LogP contribution in [0.5, 0.6) is 0 Å². The molecule has 1 fully saturated rings. The average molecular weight is 196 g/mol. The Bertz CT molecular complexity index is 293. The third kappa shape index (κ3) is 2.53. The summed E-state index contributed by atoms with van der Waals surface area (Å²) in [6.07, 6.45) is 0.385. The van der Waals surface area contributed by atoms with Gasteiger partial charge in [-0.3, -0.25) is 0 Å². The molecule has 1 heterocycles. The van der Waals surface area contributed by atoms with E-state index in [1.165, 1.54) is 12.1 Å². The fourth-order valence-electron chi connectivity index (χ4n) is 1.24. The standard InChI is InChI=1S/C11H13FO2/c1-8(11-7-14-11)13-6-9-2-4-10(12)5-3-9/h2-5,8,11H,6-7H2,1H3/t8-,11-/m1/s1. The normalized spacial score (nSPS) is 22.0. The summed E-state index contributed by atoms with van der Waals surface area (Å²) >= 11 is 0. The van der Waals surface area contributed by atoms with Gasteiger partial charge < -0.3 is 9.47 Å². The molecule has 1 aliphatic heterocycles. The number of halogens is 1. The number of ether oxygens (including phenoxy) is 2. The first-order valence-electron chi connectivity index (χ1n) is 4.73. The summed E-state index contributed by atoms with van der Waals surface area (Å²) in [5.41, 5.74) is 0.985. The maximum atomic E-state index is 12.6. The molecule has 2 atom stereocenters. The molecule has 1 aromatic rings. The molecule has 0 bridgehead atoms. The lowest BCUT2D eigenvalue weighted by Gasteiger charge is -2.09. The lowest BCUT2D eigenvalue weighted by Crippen LogP contribution is -2.14. The van der Waals surface area contributed by atoms with Gasteiger partial charge in [0.05, 0.1) is 19.3 Å². The minimum absolute atomic E-state index is 0.125. The zero-order valence-electron chi connectivity index (χ0n) is 8.07. The third-order valence-electron chi connectivity index (χ3n) is 2.31. The van der Waals surface area contributed by atoms with Gasteiger partial charge in [0.25, 0.3) is 0 Å². The molecular weight excluding hydrogens is 183 g/mol. The fraction of sp³-hybridized carbons (Fsp3) is 0.455. The smallest absolute Gasteiger partial charge is 0.123 e. The highest BCUT2D eigenvalue weighted by atomic mass is 19.1. The first-order valence-corrected chi connectivity index (χ1v) is 4.73. The van der Waals surface area contributed by atoms with Gasteiger partial charge >= 0.3 is 0 Å². The van der Waals surface area contributed by atoms with Crippen LogP contribution in [0, 0.1) is 5.82 Å². The number of rotatable bonds is 4. The van der Waals surface area contributed by atoms with Gasteiger partial charge in [-0.15, -0.1) is 0 Å². The zero-order valence-corrected chi connectivity index (χ0v) is 8.07. The minimum atomic E-state index is -0.215. The third-order valence-corrected chi connectivity index (χ3v) is 2.31. The van der Waals surface area contributed by atoms with Crippen LogP contribution in [0.3, 0.4) is 0 Å². The van der Waals surface area contributed by atoms with Crippen molar-refractivity contribution in [2.24, 2.45) is 0 Å². The Morgan fingerprint density at radius 3 is 2.71 bits per heavy atom. The highest BCUT2D eigenvalue weighted by Gasteiger charge is 2.29. The molecule has 1 aliphatic rings. The molecule has 0 aromatic heterocycles. The predicted molar refractivity (Wildman–Crippen MR) is 50.4 cm³/mol. The van der Waals surface area contributed by atoms with Crippen LogP contribution < -0.4 is 0 Å². The van der Waals surface area contributed by atoms with Crippen molar-refractivity contribution in [3.63, 3.8) is 0 Å². The maximum absolute atomic E-state index is 12.6. The van der Waals surface area contributed by atoms with Crippen molar-refractivity contribution in [3.8, 4) is 0 Å². The Hall–Kier alpha value is -0.930. The van der Waals surface area contributed by atoms with E-state index in [9.17, 15) is 4.39 Å². The Labute approximate surface area is 82.6 Å². The Morgan fingerprint density at radius 1 is 1.50 bits per heavy atom.